The number of rotatable bonds is 6. The van der Waals surface area contributed by atoms with Crippen LogP contribution in [0.3, 0.4) is 0 Å². The summed E-state index contributed by atoms with van der Waals surface area (Å²) in [5.41, 5.74) is 3.77. The normalized spacial score (nSPS) is 16.8. The third-order valence-electron chi connectivity index (χ3n) is 4.28. The fourth-order valence-electron chi connectivity index (χ4n) is 2.99. The van der Waals surface area contributed by atoms with Crippen LogP contribution in [0.4, 0.5) is 4.79 Å². The summed E-state index contributed by atoms with van der Waals surface area (Å²) in [6.45, 7) is 0.889. The number of carbonyl (C=O) groups is 1. The number of hydrogen-bond acceptors (Lipinski definition) is 2. The van der Waals surface area contributed by atoms with Gasteiger partial charge < -0.3 is 15.7 Å². The Balaban J connectivity index is 1.36. The fraction of sp³-hybridized carbons (Fsp3) is 0.316. The number of nitrogens with one attached hydrogen (secondary N) is 2. The van der Waals surface area contributed by atoms with E-state index < -0.39 is 6.10 Å². The summed E-state index contributed by atoms with van der Waals surface area (Å²) in [5.74, 6) is 0.409. The number of benzene rings is 2. The minimum atomic E-state index is -0.576. The van der Waals surface area contributed by atoms with Crippen LogP contribution in [0, 0.1) is 0 Å². The molecular weight excluding hydrogens is 288 g/mol. The van der Waals surface area contributed by atoms with Crippen LogP contribution in [-0.4, -0.2) is 30.3 Å². The van der Waals surface area contributed by atoms with Gasteiger partial charge in [-0.2, -0.15) is 0 Å². The fourth-order valence-corrected chi connectivity index (χ4v) is 2.99. The number of aliphatic hydroxyl groups excluding tert-OH is 1. The van der Waals surface area contributed by atoms with E-state index >= 15 is 0 Å². The zero-order valence-electron chi connectivity index (χ0n) is 13.0. The molecule has 0 heterocycles. The molecule has 2 unspecified atom stereocenters. The molecule has 0 saturated heterocycles. The lowest BCUT2D eigenvalue weighted by Crippen LogP contribution is -2.42. The van der Waals surface area contributed by atoms with E-state index in [2.05, 4.69) is 22.8 Å². The smallest absolute Gasteiger partial charge is 0.314 e. The van der Waals surface area contributed by atoms with Gasteiger partial charge in [-0.3, -0.25) is 0 Å². The summed E-state index contributed by atoms with van der Waals surface area (Å²) < 4.78 is 0. The van der Waals surface area contributed by atoms with E-state index in [0.717, 1.165) is 12.0 Å². The van der Waals surface area contributed by atoms with E-state index in [1.165, 1.54) is 11.1 Å². The van der Waals surface area contributed by atoms with Crippen LogP contribution in [0.25, 0.3) is 0 Å². The van der Waals surface area contributed by atoms with Crippen LogP contribution in [0.2, 0.25) is 0 Å². The van der Waals surface area contributed by atoms with Crippen molar-refractivity contribution in [3.63, 3.8) is 0 Å². The average Bonchev–Trinajstić information content (AvgIpc) is 2.55. The van der Waals surface area contributed by atoms with Crippen molar-refractivity contribution in [3.05, 3.63) is 71.3 Å². The number of carbonyl (C=O) groups excluding carboxylic acids is 1. The molecule has 0 fully saturated rings. The van der Waals surface area contributed by atoms with E-state index in [-0.39, 0.29) is 12.6 Å². The van der Waals surface area contributed by atoms with Crippen molar-refractivity contribution < 1.29 is 9.90 Å². The Labute approximate surface area is 136 Å². The maximum atomic E-state index is 11.8. The third-order valence-corrected chi connectivity index (χ3v) is 4.28. The van der Waals surface area contributed by atoms with Crippen LogP contribution >= 0.6 is 0 Å². The largest absolute Gasteiger partial charge is 0.391 e. The van der Waals surface area contributed by atoms with E-state index in [4.69, 9.17) is 0 Å². The average molecular weight is 310 g/mol. The van der Waals surface area contributed by atoms with E-state index in [0.29, 0.717) is 18.9 Å². The molecule has 2 amide bonds. The molecule has 0 saturated carbocycles. The first-order valence-corrected chi connectivity index (χ1v) is 8.04. The first-order valence-electron chi connectivity index (χ1n) is 8.04. The molecule has 3 rings (SSSR count). The maximum absolute atomic E-state index is 11.8. The van der Waals surface area contributed by atoms with E-state index in [1.54, 1.807) is 0 Å². The molecule has 0 spiro atoms. The Bertz CT molecular complexity index is 657. The zero-order valence-corrected chi connectivity index (χ0v) is 13.0. The lowest BCUT2D eigenvalue weighted by atomic mass is 9.78. The lowest BCUT2D eigenvalue weighted by Gasteiger charge is -2.30. The minimum absolute atomic E-state index is 0.221. The van der Waals surface area contributed by atoms with Crippen LogP contribution in [0.5, 0.6) is 0 Å². The molecule has 0 bridgehead atoms. The molecule has 0 aromatic heterocycles. The maximum Gasteiger partial charge on any atom is 0.314 e. The molecule has 0 radical (unpaired) electrons. The summed E-state index contributed by atoms with van der Waals surface area (Å²) in [6.07, 6.45) is 0.983. The van der Waals surface area contributed by atoms with Gasteiger partial charge in [-0.15, -0.1) is 0 Å². The molecule has 0 aliphatic heterocycles. The Kier molecular flexibility index (Phi) is 4.93. The standard InChI is InChI=1S/C19H22N2O2/c22-17(10-14-6-2-1-3-7-14)13-21-19(23)20-12-16-11-15-8-4-5-9-18(15)16/h1-9,16-17,22H,10-13H2,(H2,20,21,23). The summed E-state index contributed by atoms with van der Waals surface area (Å²) in [5, 5.41) is 15.6. The van der Waals surface area contributed by atoms with Gasteiger partial charge in [0, 0.05) is 25.4 Å². The van der Waals surface area contributed by atoms with Crippen molar-refractivity contribution in [2.24, 2.45) is 0 Å². The Morgan fingerprint density at radius 2 is 1.83 bits per heavy atom. The molecule has 2 atom stereocenters. The number of amides is 2. The molecule has 3 N–H and O–H groups in total. The molecule has 1 aliphatic carbocycles. The van der Waals surface area contributed by atoms with Crippen molar-refractivity contribution in [3.8, 4) is 0 Å². The highest BCUT2D eigenvalue weighted by molar-refractivity contribution is 5.74. The van der Waals surface area contributed by atoms with Crippen LogP contribution in [0.15, 0.2) is 54.6 Å². The molecule has 4 nitrogen and oxygen atoms in total. The van der Waals surface area contributed by atoms with Gasteiger partial charge in [0.15, 0.2) is 0 Å². The topological polar surface area (TPSA) is 61.4 Å². The van der Waals surface area contributed by atoms with Crippen molar-refractivity contribution in [2.45, 2.75) is 24.9 Å². The Hall–Kier alpha value is -2.33. The second-order valence-corrected chi connectivity index (χ2v) is 6.03. The molecule has 1 aliphatic rings. The highest BCUT2D eigenvalue weighted by atomic mass is 16.3. The quantitative estimate of drug-likeness (QED) is 0.766. The van der Waals surface area contributed by atoms with Gasteiger partial charge in [-0.25, -0.2) is 4.79 Å². The zero-order chi connectivity index (χ0) is 16.1. The summed E-state index contributed by atoms with van der Waals surface area (Å²) >= 11 is 0. The van der Waals surface area contributed by atoms with Crippen molar-refractivity contribution in [1.82, 2.24) is 10.6 Å². The highest BCUT2D eigenvalue weighted by Gasteiger charge is 2.25. The van der Waals surface area contributed by atoms with Crippen LogP contribution in [-0.2, 0) is 12.8 Å². The predicted octanol–water partition coefficient (Wildman–Crippen LogP) is 2.23. The second kappa shape index (κ2) is 7.29. The van der Waals surface area contributed by atoms with E-state index in [1.807, 2.05) is 42.5 Å². The third kappa shape index (κ3) is 4.11. The van der Waals surface area contributed by atoms with Gasteiger partial charge in [0.05, 0.1) is 6.10 Å². The molecule has 2 aromatic rings. The predicted molar refractivity (Wildman–Crippen MR) is 90.4 cm³/mol. The Morgan fingerprint density at radius 3 is 2.61 bits per heavy atom. The summed E-state index contributed by atoms with van der Waals surface area (Å²) in [7, 11) is 0. The van der Waals surface area contributed by atoms with E-state index in [9.17, 15) is 9.90 Å². The Morgan fingerprint density at radius 1 is 1.09 bits per heavy atom. The van der Waals surface area contributed by atoms with Crippen molar-refractivity contribution in [1.29, 1.82) is 0 Å². The van der Waals surface area contributed by atoms with Gasteiger partial charge in [0.25, 0.3) is 0 Å². The monoisotopic (exact) mass is 310 g/mol. The van der Waals surface area contributed by atoms with Gasteiger partial charge in [-0.1, -0.05) is 54.6 Å². The molecule has 2 aromatic carbocycles. The minimum Gasteiger partial charge on any atom is -0.391 e. The van der Waals surface area contributed by atoms with Gasteiger partial charge in [0.1, 0.15) is 0 Å². The van der Waals surface area contributed by atoms with Crippen LogP contribution < -0.4 is 10.6 Å². The lowest BCUT2D eigenvalue weighted by molar-refractivity contribution is 0.170. The first kappa shape index (κ1) is 15.6. The SMILES string of the molecule is O=C(NCC(O)Cc1ccccc1)NCC1Cc2ccccc21. The van der Waals surface area contributed by atoms with Gasteiger partial charge in [-0.05, 0) is 23.1 Å². The molecule has 120 valence electrons. The second-order valence-electron chi connectivity index (χ2n) is 6.03. The summed E-state index contributed by atoms with van der Waals surface area (Å²) in [6, 6.07) is 17.9. The number of urea groups is 1. The van der Waals surface area contributed by atoms with Gasteiger partial charge in [0.2, 0.25) is 0 Å². The molecular formula is C19H22N2O2. The first-order chi connectivity index (χ1) is 11.2. The molecule has 4 heteroatoms. The van der Waals surface area contributed by atoms with Crippen molar-refractivity contribution in [2.75, 3.05) is 13.1 Å². The highest BCUT2D eigenvalue weighted by Crippen LogP contribution is 2.33. The van der Waals surface area contributed by atoms with Gasteiger partial charge >= 0.3 is 6.03 Å². The van der Waals surface area contributed by atoms with Crippen LogP contribution in [0.1, 0.15) is 22.6 Å². The van der Waals surface area contributed by atoms with Crippen molar-refractivity contribution >= 4 is 6.03 Å². The number of fused-ring (bicyclic) bond motifs is 1. The number of hydrogen-bond donors (Lipinski definition) is 3. The summed E-state index contributed by atoms with van der Waals surface area (Å²) in [4.78, 5) is 11.8. The number of aliphatic hydroxyl groups is 1. The molecule has 23 heavy (non-hydrogen) atoms.